The topological polar surface area (TPSA) is 101 Å². The average molecular weight is 367 g/mol. The summed E-state index contributed by atoms with van der Waals surface area (Å²) in [5.74, 6) is -0.202. The van der Waals surface area contributed by atoms with Gasteiger partial charge >= 0.3 is 5.97 Å². The minimum atomic E-state index is -0.931. The van der Waals surface area contributed by atoms with E-state index < -0.39 is 5.97 Å². The van der Waals surface area contributed by atoms with Crippen LogP contribution in [0.15, 0.2) is 22.9 Å². The van der Waals surface area contributed by atoms with E-state index in [1.807, 2.05) is 11.0 Å². The SMILES string of the molecule is O=C(O)Cn1nccc1[C@H]1CCCN(C(=O)CCc2cc(Cl)no2)C1. The van der Waals surface area contributed by atoms with Crippen LogP contribution >= 0.6 is 11.6 Å². The van der Waals surface area contributed by atoms with E-state index in [1.165, 1.54) is 4.68 Å². The number of halogens is 1. The molecule has 1 atom stereocenters. The highest BCUT2D eigenvalue weighted by Gasteiger charge is 2.27. The van der Waals surface area contributed by atoms with Gasteiger partial charge in [-0.2, -0.15) is 5.10 Å². The lowest BCUT2D eigenvalue weighted by molar-refractivity contribution is -0.138. The van der Waals surface area contributed by atoms with Crippen LogP contribution in [0.2, 0.25) is 5.15 Å². The number of aryl methyl sites for hydroxylation is 1. The summed E-state index contributed by atoms with van der Waals surface area (Å²) in [5.41, 5.74) is 0.863. The predicted molar refractivity (Wildman–Crippen MR) is 88.3 cm³/mol. The van der Waals surface area contributed by atoms with Gasteiger partial charge in [0.25, 0.3) is 0 Å². The number of piperidine rings is 1. The highest BCUT2D eigenvalue weighted by molar-refractivity contribution is 6.29. The molecule has 25 heavy (non-hydrogen) atoms. The Hall–Kier alpha value is -2.35. The molecule has 0 aromatic carbocycles. The molecule has 1 amide bonds. The Kier molecular flexibility index (Phi) is 5.37. The van der Waals surface area contributed by atoms with Crippen LogP contribution in [-0.2, 0) is 22.6 Å². The van der Waals surface area contributed by atoms with Crippen LogP contribution in [0.4, 0.5) is 0 Å². The number of amides is 1. The molecular formula is C16H19ClN4O4. The monoisotopic (exact) mass is 366 g/mol. The summed E-state index contributed by atoms with van der Waals surface area (Å²) in [4.78, 5) is 25.2. The average Bonchev–Trinajstić information content (AvgIpc) is 3.21. The predicted octanol–water partition coefficient (Wildman–Crippen LogP) is 1.95. The molecule has 0 unspecified atom stereocenters. The standard InChI is InChI=1S/C16H19ClN4O4/c17-14-8-12(25-19-14)3-4-15(22)20-7-1-2-11(9-20)13-5-6-18-21(13)10-16(23)24/h5-6,8,11H,1-4,7,9-10H2,(H,23,24)/t11-/m0/s1. The Morgan fingerprint density at radius 2 is 2.28 bits per heavy atom. The van der Waals surface area contributed by atoms with Crippen LogP contribution in [0.5, 0.6) is 0 Å². The Morgan fingerprint density at radius 3 is 3.00 bits per heavy atom. The quantitative estimate of drug-likeness (QED) is 0.838. The second-order valence-electron chi connectivity index (χ2n) is 6.10. The van der Waals surface area contributed by atoms with Crippen molar-refractivity contribution in [1.82, 2.24) is 19.8 Å². The van der Waals surface area contributed by atoms with Crippen LogP contribution in [0.25, 0.3) is 0 Å². The summed E-state index contributed by atoms with van der Waals surface area (Å²) in [6.07, 6.45) is 4.17. The first-order chi connectivity index (χ1) is 12.0. The molecule has 1 aliphatic heterocycles. The van der Waals surface area contributed by atoms with Gasteiger partial charge in [-0.3, -0.25) is 14.3 Å². The summed E-state index contributed by atoms with van der Waals surface area (Å²) in [6.45, 7) is 1.11. The molecule has 0 saturated carbocycles. The third-order valence-corrected chi connectivity index (χ3v) is 4.52. The lowest BCUT2D eigenvalue weighted by Crippen LogP contribution is -2.39. The van der Waals surface area contributed by atoms with Crippen molar-refractivity contribution in [2.45, 2.75) is 38.1 Å². The summed E-state index contributed by atoms with van der Waals surface area (Å²) in [5, 5.41) is 16.9. The fourth-order valence-electron chi connectivity index (χ4n) is 3.19. The Balaban J connectivity index is 1.60. The van der Waals surface area contributed by atoms with Crippen LogP contribution in [0.1, 0.15) is 36.6 Å². The Labute approximate surface area is 149 Å². The van der Waals surface area contributed by atoms with E-state index in [9.17, 15) is 9.59 Å². The number of hydrogen-bond acceptors (Lipinski definition) is 5. The maximum absolute atomic E-state index is 12.5. The molecule has 0 aliphatic carbocycles. The van der Waals surface area contributed by atoms with Gasteiger partial charge in [0.05, 0.1) is 0 Å². The van der Waals surface area contributed by atoms with Crippen LogP contribution < -0.4 is 0 Å². The molecule has 9 heteroatoms. The van der Waals surface area contributed by atoms with E-state index in [0.717, 1.165) is 18.5 Å². The normalized spacial score (nSPS) is 17.6. The van der Waals surface area contributed by atoms with Gasteiger partial charge in [0.1, 0.15) is 12.3 Å². The number of nitrogens with zero attached hydrogens (tertiary/aromatic N) is 4. The third-order valence-electron chi connectivity index (χ3n) is 4.34. The molecule has 1 aliphatic rings. The molecule has 1 fully saturated rings. The van der Waals surface area contributed by atoms with Crippen LogP contribution in [0, 0.1) is 0 Å². The van der Waals surface area contributed by atoms with Crippen molar-refractivity contribution in [2.75, 3.05) is 13.1 Å². The van der Waals surface area contributed by atoms with E-state index in [1.54, 1.807) is 12.3 Å². The largest absolute Gasteiger partial charge is 0.480 e. The smallest absolute Gasteiger partial charge is 0.325 e. The van der Waals surface area contributed by atoms with Gasteiger partial charge < -0.3 is 14.5 Å². The second-order valence-corrected chi connectivity index (χ2v) is 6.49. The van der Waals surface area contributed by atoms with Crippen molar-refractivity contribution in [3.05, 3.63) is 34.9 Å². The summed E-state index contributed by atoms with van der Waals surface area (Å²) >= 11 is 5.70. The van der Waals surface area contributed by atoms with E-state index in [-0.39, 0.29) is 23.5 Å². The van der Waals surface area contributed by atoms with Crippen molar-refractivity contribution in [2.24, 2.45) is 0 Å². The summed E-state index contributed by atoms with van der Waals surface area (Å²) < 4.78 is 6.51. The number of aliphatic carboxylic acids is 1. The lowest BCUT2D eigenvalue weighted by atomic mass is 9.94. The number of likely N-dealkylation sites (tertiary alicyclic amines) is 1. The number of carbonyl (C=O) groups is 2. The molecule has 0 radical (unpaired) electrons. The van der Waals surface area contributed by atoms with E-state index >= 15 is 0 Å². The maximum atomic E-state index is 12.5. The van der Waals surface area contributed by atoms with Gasteiger partial charge in [0.2, 0.25) is 5.91 Å². The highest BCUT2D eigenvalue weighted by Crippen LogP contribution is 2.27. The zero-order chi connectivity index (χ0) is 17.8. The van der Waals surface area contributed by atoms with Crippen LogP contribution in [0.3, 0.4) is 0 Å². The third kappa shape index (κ3) is 4.39. The second kappa shape index (κ2) is 7.69. The molecule has 2 aromatic rings. The molecule has 0 spiro atoms. The van der Waals surface area contributed by atoms with Crippen LogP contribution in [-0.4, -0.2) is 49.9 Å². The lowest BCUT2D eigenvalue weighted by Gasteiger charge is -2.33. The van der Waals surface area contributed by atoms with Crippen molar-refractivity contribution in [3.8, 4) is 0 Å². The maximum Gasteiger partial charge on any atom is 0.325 e. The van der Waals surface area contributed by atoms with E-state index in [4.69, 9.17) is 21.2 Å². The van der Waals surface area contributed by atoms with Gasteiger partial charge in [0.15, 0.2) is 5.15 Å². The van der Waals surface area contributed by atoms with Crippen molar-refractivity contribution < 1.29 is 19.2 Å². The zero-order valence-corrected chi connectivity index (χ0v) is 14.4. The minimum absolute atomic E-state index is 0.0431. The minimum Gasteiger partial charge on any atom is -0.480 e. The number of carboxylic acids is 1. The molecule has 2 aromatic heterocycles. The van der Waals surface area contributed by atoms with Gasteiger partial charge in [-0.05, 0) is 18.9 Å². The molecule has 1 saturated heterocycles. The summed E-state index contributed by atoms with van der Waals surface area (Å²) in [7, 11) is 0. The van der Waals surface area contributed by atoms with Crippen molar-refractivity contribution >= 4 is 23.5 Å². The van der Waals surface area contributed by atoms with Gasteiger partial charge in [-0.25, -0.2) is 0 Å². The first-order valence-corrected chi connectivity index (χ1v) is 8.53. The Morgan fingerprint density at radius 1 is 1.44 bits per heavy atom. The molecule has 1 N–H and O–H groups in total. The van der Waals surface area contributed by atoms with E-state index in [2.05, 4.69) is 10.3 Å². The fourth-order valence-corrected chi connectivity index (χ4v) is 3.35. The molecule has 134 valence electrons. The highest BCUT2D eigenvalue weighted by atomic mass is 35.5. The van der Waals surface area contributed by atoms with Gasteiger partial charge in [0, 0.05) is 49.8 Å². The first kappa shape index (κ1) is 17.5. The van der Waals surface area contributed by atoms with Gasteiger partial charge in [-0.15, -0.1) is 0 Å². The molecule has 0 bridgehead atoms. The molecule has 8 nitrogen and oxygen atoms in total. The number of rotatable bonds is 6. The van der Waals surface area contributed by atoms with Crippen molar-refractivity contribution in [1.29, 1.82) is 0 Å². The number of hydrogen-bond donors (Lipinski definition) is 1. The first-order valence-electron chi connectivity index (χ1n) is 8.15. The van der Waals surface area contributed by atoms with E-state index in [0.29, 0.717) is 31.7 Å². The number of aromatic nitrogens is 3. The molecule has 3 heterocycles. The fraction of sp³-hybridized carbons (Fsp3) is 0.500. The van der Waals surface area contributed by atoms with Crippen molar-refractivity contribution in [3.63, 3.8) is 0 Å². The Bertz CT molecular complexity index is 757. The summed E-state index contributed by atoms with van der Waals surface area (Å²) in [6, 6.07) is 3.44. The molecule has 3 rings (SSSR count). The molecular weight excluding hydrogens is 348 g/mol. The number of carboxylic acid groups (broad SMARTS) is 1. The van der Waals surface area contributed by atoms with Gasteiger partial charge in [-0.1, -0.05) is 16.8 Å². The zero-order valence-electron chi connectivity index (χ0n) is 13.6. The number of carbonyl (C=O) groups excluding carboxylic acids is 1.